The molecule has 0 spiro atoms. The van der Waals surface area contributed by atoms with Gasteiger partial charge in [-0.15, -0.1) is 0 Å². The van der Waals surface area contributed by atoms with Crippen LogP contribution < -0.4 is 11.1 Å². The van der Waals surface area contributed by atoms with Gasteiger partial charge in [0.05, 0.1) is 21.3 Å². The van der Waals surface area contributed by atoms with Crippen LogP contribution in [0.25, 0.3) is 0 Å². The number of hydrogen-bond acceptors (Lipinski definition) is 3. The Morgan fingerprint density at radius 3 is 2.50 bits per heavy atom. The molecule has 0 aliphatic heterocycles. The molecule has 0 saturated carbocycles. The van der Waals surface area contributed by atoms with Crippen LogP contribution in [-0.2, 0) is 6.18 Å². The highest BCUT2D eigenvalue weighted by atomic mass is 35.5. The van der Waals surface area contributed by atoms with Gasteiger partial charge in [0, 0.05) is 0 Å². The van der Waals surface area contributed by atoms with Gasteiger partial charge in [0.25, 0.3) is 0 Å². The van der Waals surface area contributed by atoms with Crippen LogP contribution >= 0.6 is 23.2 Å². The molecule has 0 aliphatic rings. The number of alkyl halides is 3. The number of anilines is 3. The summed E-state index contributed by atoms with van der Waals surface area (Å²) in [6.45, 7) is 0. The molecule has 106 valence electrons. The lowest BCUT2D eigenvalue weighted by Gasteiger charge is -2.12. The summed E-state index contributed by atoms with van der Waals surface area (Å²) in [6.07, 6.45) is -4.51. The minimum Gasteiger partial charge on any atom is -0.384 e. The Hall–Kier alpha value is -1.66. The number of nitrogens with zero attached hydrogens (tertiary/aromatic N) is 1. The van der Waals surface area contributed by atoms with Crippen LogP contribution in [0.3, 0.4) is 0 Å². The van der Waals surface area contributed by atoms with Crippen molar-refractivity contribution in [2.24, 2.45) is 0 Å². The Kier molecular flexibility index (Phi) is 3.96. The topological polar surface area (TPSA) is 50.9 Å². The molecule has 3 N–H and O–H groups in total. The molecule has 0 fully saturated rings. The fourth-order valence-corrected chi connectivity index (χ4v) is 1.87. The van der Waals surface area contributed by atoms with E-state index in [-0.39, 0.29) is 21.7 Å². The van der Waals surface area contributed by atoms with Crippen molar-refractivity contribution in [3.63, 3.8) is 0 Å². The number of rotatable bonds is 2. The van der Waals surface area contributed by atoms with E-state index in [0.29, 0.717) is 5.69 Å². The molecule has 0 unspecified atom stereocenters. The number of benzene rings is 1. The average Bonchev–Trinajstić information content (AvgIpc) is 2.33. The van der Waals surface area contributed by atoms with Crippen LogP contribution in [0.2, 0.25) is 10.0 Å². The zero-order valence-corrected chi connectivity index (χ0v) is 11.3. The second kappa shape index (κ2) is 5.38. The maximum atomic E-state index is 12.7. The third-order valence-electron chi connectivity index (χ3n) is 2.39. The van der Waals surface area contributed by atoms with Crippen molar-refractivity contribution in [1.29, 1.82) is 0 Å². The van der Waals surface area contributed by atoms with Gasteiger partial charge < -0.3 is 11.1 Å². The third-order valence-corrected chi connectivity index (χ3v) is 3.21. The second-order valence-electron chi connectivity index (χ2n) is 3.89. The number of hydrogen-bond donors (Lipinski definition) is 2. The Balaban J connectivity index is 2.39. The third kappa shape index (κ3) is 3.26. The lowest BCUT2D eigenvalue weighted by atomic mass is 10.2. The summed E-state index contributed by atoms with van der Waals surface area (Å²) in [7, 11) is 0. The summed E-state index contributed by atoms with van der Waals surface area (Å²) in [5.41, 5.74) is 4.81. The molecule has 1 aromatic carbocycles. The van der Waals surface area contributed by atoms with Gasteiger partial charge in [0.2, 0.25) is 0 Å². The van der Waals surface area contributed by atoms with Gasteiger partial charge >= 0.3 is 6.18 Å². The van der Waals surface area contributed by atoms with E-state index in [4.69, 9.17) is 28.9 Å². The first-order valence-corrected chi connectivity index (χ1v) is 6.09. The Labute approximate surface area is 122 Å². The van der Waals surface area contributed by atoms with Crippen molar-refractivity contribution >= 4 is 40.5 Å². The van der Waals surface area contributed by atoms with E-state index >= 15 is 0 Å². The van der Waals surface area contributed by atoms with Crippen molar-refractivity contribution in [2.45, 2.75) is 6.18 Å². The molecular weight excluding hydrogens is 314 g/mol. The van der Waals surface area contributed by atoms with E-state index in [1.807, 2.05) is 0 Å². The normalized spacial score (nSPS) is 11.4. The van der Waals surface area contributed by atoms with Gasteiger partial charge in [0.1, 0.15) is 11.6 Å². The molecule has 0 radical (unpaired) electrons. The number of nitrogens with two attached hydrogens (primary N) is 1. The van der Waals surface area contributed by atoms with E-state index in [1.165, 1.54) is 0 Å². The predicted molar refractivity (Wildman–Crippen MR) is 73.4 cm³/mol. The van der Waals surface area contributed by atoms with Crippen LogP contribution in [0.4, 0.5) is 30.5 Å². The number of aromatic nitrogens is 1. The minimum absolute atomic E-state index is 0.0681. The molecule has 0 amide bonds. The first-order chi connectivity index (χ1) is 9.27. The second-order valence-corrected chi connectivity index (χ2v) is 4.68. The lowest BCUT2D eigenvalue weighted by molar-refractivity contribution is -0.137. The van der Waals surface area contributed by atoms with E-state index in [1.54, 1.807) is 18.2 Å². The average molecular weight is 322 g/mol. The van der Waals surface area contributed by atoms with Crippen molar-refractivity contribution < 1.29 is 13.2 Å². The molecule has 2 rings (SSSR count). The molecule has 1 heterocycles. The van der Waals surface area contributed by atoms with Crippen LogP contribution in [0, 0.1) is 0 Å². The number of nitrogen functional groups attached to an aromatic ring is 1. The molecule has 1 aromatic heterocycles. The molecule has 2 aromatic rings. The Morgan fingerprint density at radius 2 is 1.85 bits per heavy atom. The molecule has 8 heteroatoms. The molecule has 0 bridgehead atoms. The highest BCUT2D eigenvalue weighted by Gasteiger charge is 2.31. The lowest BCUT2D eigenvalue weighted by Crippen LogP contribution is -2.08. The molecule has 0 saturated heterocycles. The quantitative estimate of drug-likeness (QED) is 0.840. The highest BCUT2D eigenvalue weighted by Crippen LogP contribution is 2.34. The van der Waals surface area contributed by atoms with Crippen LogP contribution in [0.15, 0.2) is 30.3 Å². The van der Waals surface area contributed by atoms with Crippen LogP contribution in [-0.4, -0.2) is 4.98 Å². The summed E-state index contributed by atoms with van der Waals surface area (Å²) in [6, 6.07) is 6.32. The fourth-order valence-electron chi connectivity index (χ4n) is 1.52. The minimum atomic E-state index is -4.51. The summed E-state index contributed by atoms with van der Waals surface area (Å²) < 4.78 is 38.0. The smallest absolute Gasteiger partial charge is 0.384 e. The van der Waals surface area contributed by atoms with Gasteiger partial charge in [0.15, 0.2) is 0 Å². The van der Waals surface area contributed by atoms with E-state index in [0.717, 1.165) is 12.1 Å². The molecular formula is C12H8Cl2F3N3. The van der Waals surface area contributed by atoms with Crippen LogP contribution in [0.1, 0.15) is 5.56 Å². The summed E-state index contributed by atoms with van der Waals surface area (Å²) in [5, 5.41) is 3.12. The van der Waals surface area contributed by atoms with Gasteiger partial charge in [-0.1, -0.05) is 29.3 Å². The Bertz CT molecular complexity index is 644. The first-order valence-electron chi connectivity index (χ1n) is 5.33. The molecule has 0 atom stereocenters. The summed E-state index contributed by atoms with van der Waals surface area (Å²) in [5.74, 6) is -0.318. The number of halogens is 5. The fraction of sp³-hybridized carbons (Fsp3) is 0.0833. The van der Waals surface area contributed by atoms with E-state index in [9.17, 15) is 13.2 Å². The standard InChI is InChI=1S/C12H8Cl2F3N3/c13-7-2-1-3-8(11(7)14)19-10-5-6(12(15,16)17)4-9(18)20-10/h1-5H,(H3,18,19,20). The molecule has 0 aliphatic carbocycles. The maximum absolute atomic E-state index is 12.7. The largest absolute Gasteiger partial charge is 0.416 e. The monoisotopic (exact) mass is 321 g/mol. The SMILES string of the molecule is Nc1cc(C(F)(F)F)cc(Nc2cccc(Cl)c2Cl)n1. The summed E-state index contributed by atoms with van der Waals surface area (Å²) in [4.78, 5) is 3.78. The summed E-state index contributed by atoms with van der Waals surface area (Å²) >= 11 is 11.8. The van der Waals surface area contributed by atoms with Crippen molar-refractivity contribution in [3.05, 3.63) is 45.9 Å². The van der Waals surface area contributed by atoms with Crippen molar-refractivity contribution in [2.75, 3.05) is 11.1 Å². The van der Waals surface area contributed by atoms with Crippen molar-refractivity contribution in [3.8, 4) is 0 Å². The van der Waals surface area contributed by atoms with E-state index < -0.39 is 11.7 Å². The molecule has 3 nitrogen and oxygen atoms in total. The zero-order valence-electron chi connectivity index (χ0n) is 9.80. The first kappa shape index (κ1) is 14.7. The van der Waals surface area contributed by atoms with E-state index in [2.05, 4.69) is 10.3 Å². The number of pyridine rings is 1. The van der Waals surface area contributed by atoms with Gasteiger partial charge in [-0.3, -0.25) is 0 Å². The highest BCUT2D eigenvalue weighted by molar-refractivity contribution is 6.43. The zero-order chi connectivity index (χ0) is 14.9. The predicted octanol–water partition coefficient (Wildman–Crippen LogP) is 4.73. The maximum Gasteiger partial charge on any atom is 0.416 e. The van der Waals surface area contributed by atoms with Crippen molar-refractivity contribution in [1.82, 2.24) is 4.98 Å². The molecule has 20 heavy (non-hydrogen) atoms. The van der Waals surface area contributed by atoms with Gasteiger partial charge in [-0.2, -0.15) is 13.2 Å². The van der Waals surface area contributed by atoms with Gasteiger partial charge in [-0.05, 0) is 24.3 Å². The van der Waals surface area contributed by atoms with Crippen LogP contribution in [0.5, 0.6) is 0 Å². The van der Waals surface area contributed by atoms with Gasteiger partial charge in [-0.25, -0.2) is 4.98 Å². The number of nitrogens with one attached hydrogen (secondary N) is 1. The Morgan fingerprint density at radius 1 is 1.15 bits per heavy atom.